The lowest BCUT2D eigenvalue weighted by atomic mass is 10.2. The number of nitrogens with one attached hydrogen (secondary N) is 1. The maximum atomic E-state index is 12.1. The molecule has 104 valence electrons. The molecule has 7 heteroatoms. The Morgan fingerprint density at radius 2 is 2.21 bits per heavy atom. The summed E-state index contributed by atoms with van der Waals surface area (Å²) in [5.74, 6) is -0.216. The van der Waals surface area contributed by atoms with Crippen molar-refractivity contribution in [2.75, 3.05) is 27.2 Å². The van der Waals surface area contributed by atoms with Gasteiger partial charge in [-0.3, -0.25) is 14.9 Å². The highest BCUT2D eigenvalue weighted by molar-refractivity contribution is 9.10. The lowest BCUT2D eigenvalue weighted by molar-refractivity contribution is -0.385. The van der Waals surface area contributed by atoms with Gasteiger partial charge in [0.25, 0.3) is 11.6 Å². The highest BCUT2D eigenvalue weighted by atomic mass is 79.9. The van der Waals surface area contributed by atoms with E-state index >= 15 is 0 Å². The van der Waals surface area contributed by atoms with Crippen LogP contribution in [0.5, 0.6) is 0 Å². The minimum Gasteiger partial charge on any atom is -0.342 e. The van der Waals surface area contributed by atoms with Crippen molar-refractivity contribution in [2.45, 2.75) is 6.42 Å². The lowest BCUT2D eigenvalue weighted by Crippen LogP contribution is -2.29. The summed E-state index contributed by atoms with van der Waals surface area (Å²) in [7, 11) is 3.53. The van der Waals surface area contributed by atoms with Gasteiger partial charge in [0.05, 0.1) is 9.40 Å². The number of nitro groups is 1. The van der Waals surface area contributed by atoms with Crippen LogP contribution in [0.3, 0.4) is 0 Å². The van der Waals surface area contributed by atoms with Crippen molar-refractivity contribution in [3.63, 3.8) is 0 Å². The van der Waals surface area contributed by atoms with Gasteiger partial charge in [-0.2, -0.15) is 0 Å². The molecule has 0 spiro atoms. The van der Waals surface area contributed by atoms with E-state index in [0.29, 0.717) is 16.6 Å². The normalized spacial score (nSPS) is 10.3. The topological polar surface area (TPSA) is 75.5 Å². The summed E-state index contributed by atoms with van der Waals surface area (Å²) in [6.45, 7) is 1.42. The fraction of sp³-hybridized carbons (Fsp3) is 0.417. The van der Waals surface area contributed by atoms with E-state index in [9.17, 15) is 14.9 Å². The van der Waals surface area contributed by atoms with Crippen LogP contribution < -0.4 is 5.32 Å². The molecule has 0 aliphatic carbocycles. The van der Waals surface area contributed by atoms with Gasteiger partial charge in [-0.15, -0.1) is 0 Å². The first-order valence-electron chi connectivity index (χ1n) is 5.81. The van der Waals surface area contributed by atoms with E-state index in [1.165, 1.54) is 12.1 Å². The third-order valence-electron chi connectivity index (χ3n) is 2.66. The Bertz CT molecular complexity index is 479. The Labute approximate surface area is 120 Å². The standard InChI is InChI=1S/C12H16BrN3O3/c1-14-6-3-7-15(2)12(17)9-4-5-10(13)11(8-9)16(18)19/h4-5,8,14H,3,6-7H2,1-2H3. The largest absolute Gasteiger partial charge is 0.342 e. The Hall–Kier alpha value is -1.47. The Morgan fingerprint density at radius 1 is 1.53 bits per heavy atom. The highest BCUT2D eigenvalue weighted by Gasteiger charge is 2.18. The van der Waals surface area contributed by atoms with Gasteiger partial charge < -0.3 is 10.2 Å². The van der Waals surface area contributed by atoms with Gasteiger partial charge >= 0.3 is 0 Å². The van der Waals surface area contributed by atoms with E-state index in [4.69, 9.17) is 0 Å². The number of rotatable bonds is 6. The first-order chi connectivity index (χ1) is 8.97. The molecule has 1 amide bonds. The molecule has 0 radical (unpaired) electrons. The SMILES string of the molecule is CNCCCN(C)C(=O)c1ccc(Br)c([N+](=O)[O-])c1. The average Bonchev–Trinajstić information content (AvgIpc) is 2.38. The number of carbonyl (C=O) groups is 1. The second kappa shape index (κ2) is 7.20. The predicted octanol–water partition coefficient (Wildman–Crippen LogP) is 2.04. The molecule has 0 saturated carbocycles. The summed E-state index contributed by atoms with van der Waals surface area (Å²) >= 11 is 3.09. The van der Waals surface area contributed by atoms with Crippen molar-refractivity contribution < 1.29 is 9.72 Å². The number of nitro benzene ring substituents is 1. The second-order valence-electron chi connectivity index (χ2n) is 4.11. The molecule has 0 saturated heterocycles. The van der Waals surface area contributed by atoms with Gasteiger partial charge in [-0.25, -0.2) is 0 Å². The molecule has 0 aliphatic rings. The fourth-order valence-electron chi connectivity index (χ4n) is 1.60. The van der Waals surface area contributed by atoms with Crippen LogP contribution in [-0.2, 0) is 0 Å². The van der Waals surface area contributed by atoms with Crippen molar-refractivity contribution >= 4 is 27.5 Å². The van der Waals surface area contributed by atoms with Crippen LogP contribution >= 0.6 is 15.9 Å². The van der Waals surface area contributed by atoms with Gasteiger partial charge in [0.2, 0.25) is 0 Å². The fourth-order valence-corrected chi connectivity index (χ4v) is 1.99. The molecule has 0 bridgehead atoms. The van der Waals surface area contributed by atoms with Gasteiger partial charge in [0.15, 0.2) is 0 Å². The second-order valence-corrected chi connectivity index (χ2v) is 4.96. The molecule has 0 aliphatic heterocycles. The maximum absolute atomic E-state index is 12.1. The van der Waals surface area contributed by atoms with Crippen molar-refractivity contribution in [1.29, 1.82) is 0 Å². The van der Waals surface area contributed by atoms with Crippen molar-refractivity contribution in [2.24, 2.45) is 0 Å². The molecule has 0 unspecified atom stereocenters. The smallest absolute Gasteiger partial charge is 0.284 e. The summed E-state index contributed by atoms with van der Waals surface area (Å²) in [6.07, 6.45) is 0.831. The zero-order valence-corrected chi connectivity index (χ0v) is 12.4. The number of hydrogen-bond acceptors (Lipinski definition) is 4. The van der Waals surface area contributed by atoms with Crippen LogP contribution in [0.15, 0.2) is 22.7 Å². The molecule has 0 heterocycles. The molecule has 6 nitrogen and oxygen atoms in total. The number of benzene rings is 1. The van der Waals surface area contributed by atoms with Crippen LogP contribution in [0.1, 0.15) is 16.8 Å². The van der Waals surface area contributed by atoms with Gasteiger partial charge in [0.1, 0.15) is 0 Å². The Morgan fingerprint density at radius 3 is 2.79 bits per heavy atom. The third-order valence-corrected chi connectivity index (χ3v) is 3.33. The summed E-state index contributed by atoms with van der Waals surface area (Å²) in [5, 5.41) is 13.8. The maximum Gasteiger partial charge on any atom is 0.284 e. The molecule has 19 heavy (non-hydrogen) atoms. The van der Waals surface area contributed by atoms with E-state index in [-0.39, 0.29) is 11.6 Å². The average molecular weight is 330 g/mol. The Kier molecular flexibility index (Phi) is 5.91. The molecular formula is C12H16BrN3O3. The van der Waals surface area contributed by atoms with E-state index < -0.39 is 4.92 Å². The zero-order chi connectivity index (χ0) is 14.4. The van der Waals surface area contributed by atoms with Crippen molar-refractivity contribution in [3.8, 4) is 0 Å². The molecular weight excluding hydrogens is 314 g/mol. The highest BCUT2D eigenvalue weighted by Crippen LogP contribution is 2.26. The summed E-state index contributed by atoms with van der Waals surface area (Å²) in [5.41, 5.74) is 0.219. The van der Waals surface area contributed by atoms with Crippen LogP contribution in [0, 0.1) is 10.1 Å². The van der Waals surface area contributed by atoms with E-state index in [1.807, 2.05) is 7.05 Å². The minimum absolute atomic E-state index is 0.102. The molecule has 1 aromatic carbocycles. The molecule has 0 aromatic heterocycles. The Balaban J connectivity index is 2.82. The van der Waals surface area contributed by atoms with E-state index in [1.54, 1.807) is 18.0 Å². The first-order valence-corrected chi connectivity index (χ1v) is 6.60. The molecule has 1 aromatic rings. The summed E-state index contributed by atoms with van der Waals surface area (Å²) in [4.78, 5) is 24.0. The van der Waals surface area contributed by atoms with E-state index in [0.717, 1.165) is 13.0 Å². The minimum atomic E-state index is -0.512. The zero-order valence-electron chi connectivity index (χ0n) is 10.9. The quantitative estimate of drug-likeness (QED) is 0.492. The van der Waals surface area contributed by atoms with E-state index in [2.05, 4.69) is 21.2 Å². The van der Waals surface area contributed by atoms with Crippen LogP contribution in [0.25, 0.3) is 0 Å². The summed E-state index contributed by atoms with van der Waals surface area (Å²) in [6, 6.07) is 4.39. The first kappa shape index (κ1) is 15.6. The predicted molar refractivity (Wildman–Crippen MR) is 76.3 cm³/mol. The number of carbonyl (C=O) groups excluding carboxylic acids is 1. The van der Waals surface area contributed by atoms with Gasteiger partial charge in [-0.1, -0.05) is 0 Å². The monoisotopic (exact) mass is 329 g/mol. The molecule has 0 fully saturated rings. The third kappa shape index (κ3) is 4.29. The van der Waals surface area contributed by atoms with Crippen LogP contribution in [0.4, 0.5) is 5.69 Å². The lowest BCUT2D eigenvalue weighted by Gasteiger charge is -2.17. The van der Waals surface area contributed by atoms with Crippen molar-refractivity contribution in [3.05, 3.63) is 38.3 Å². The number of hydrogen-bond donors (Lipinski definition) is 1. The van der Waals surface area contributed by atoms with Crippen LogP contribution in [0.2, 0.25) is 0 Å². The molecule has 0 atom stereocenters. The summed E-state index contributed by atoms with van der Waals surface area (Å²) < 4.78 is 0.367. The van der Waals surface area contributed by atoms with Crippen molar-refractivity contribution in [1.82, 2.24) is 10.2 Å². The van der Waals surface area contributed by atoms with Gasteiger partial charge in [-0.05, 0) is 48.1 Å². The van der Waals surface area contributed by atoms with Gasteiger partial charge in [0, 0.05) is 25.2 Å². The molecule has 1 N–H and O–H groups in total. The number of halogens is 1. The molecule has 1 rings (SSSR count). The van der Waals surface area contributed by atoms with Crippen LogP contribution in [-0.4, -0.2) is 42.9 Å². The number of amides is 1. The number of nitrogens with zero attached hydrogens (tertiary/aromatic N) is 2.